The third-order valence-electron chi connectivity index (χ3n) is 4.49. The van der Waals surface area contributed by atoms with Gasteiger partial charge in [-0.2, -0.15) is 0 Å². The third-order valence-corrected chi connectivity index (χ3v) is 5.61. The van der Waals surface area contributed by atoms with Crippen LogP contribution in [0.2, 0.25) is 5.02 Å². The number of carbonyl (C=O) groups excluding carboxylic acids is 1. The number of carboxylic acids is 1. The summed E-state index contributed by atoms with van der Waals surface area (Å²) in [6, 6.07) is 7.31. The summed E-state index contributed by atoms with van der Waals surface area (Å²) in [4.78, 5) is 28.3. The quantitative estimate of drug-likeness (QED) is 0.809. The van der Waals surface area contributed by atoms with Gasteiger partial charge in [0.05, 0.1) is 12.0 Å². The minimum atomic E-state index is -0.889. The van der Waals surface area contributed by atoms with E-state index < -0.39 is 11.5 Å². The number of thiazole rings is 1. The van der Waals surface area contributed by atoms with Crippen molar-refractivity contribution in [1.82, 2.24) is 10.3 Å². The van der Waals surface area contributed by atoms with E-state index in [1.165, 1.54) is 11.3 Å². The molecule has 25 heavy (non-hydrogen) atoms. The van der Waals surface area contributed by atoms with Gasteiger partial charge in [-0.25, -0.2) is 4.98 Å². The van der Waals surface area contributed by atoms with E-state index in [4.69, 9.17) is 11.6 Å². The zero-order chi connectivity index (χ0) is 17.9. The van der Waals surface area contributed by atoms with E-state index in [1.807, 2.05) is 12.1 Å². The van der Waals surface area contributed by atoms with Crippen molar-refractivity contribution in [1.29, 1.82) is 0 Å². The summed E-state index contributed by atoms with van der Waals surface area (Å²) in [5, 5.41) is 15.2. The molecule has 0 unspecified atom stereocenters. The van der Waals surface area contributed by atoms with Crippen molar-refractivity contribution in [2.75, 3.05) is 0 Å². The highest BCUT2D eigenvalue weighted by atomic mass is 35.5. The van der Waals surface area contributed by atoms with E-state index in [1.54, 1.807) is 17.5 Å². The molecule has 1 heterocycles. The molecule has 0 bridgehead atoms. The SMILES string of the molecule is O=C(O)CC1(NC(=O)c2csc(-c3cccc(Cl)c3)n2)CCCCC1. The molecule has 5 nitrogen and oxygen atoms in total. The van der Waals surface area contributed by atoms with Crippen molar-refractivity contribution in [3.63, 3.8) is 0 Å². The number of carboxylic acid groups (broad SMARTS) is 1. The average Bonchev–Trinajstić information content (AvgIpc) is 3.05. The van der Waals surface area contributed by atoms with Crippen molar-refractivity contribution in [2.45, 2.75) is 44.1 Å². The van der Waals surface area contributed by atoms with Crippen LogP contribution in [0.15, 0.2) is 29.6 Å². The highest BCUT2D eigenvalue weighted by Crippen LogP contribution is 2.32. The summed E-state index contributed by atoms with van der Waals surface area (Å²) in [7, 11) is 0. The van der Waals surface area contributed by atoms with E-state index in [-0.39, 0.29) is 12.3 Å². The number of aromatic nitrogens is 1. The standard InChI is InChI=1S/C18H19ClN2O3S/c19-13-6-4-5-12(9-13)17-20-14(11-25-17)16(24)21-18(10-15(22)23)7-2-1-3-8-18/h4-6,9,11H,1-3,7-8,10H2,(H,21,24)(H,22,23). The van der Waals surface area contributed by atoms with E-state index >= 15 is 0 Å². The lowest BCUT2D eigenvalue weighted by molar-refractivity contribution is -0.139. The van der Waals surface area contributed by atoms with Gasteiger partial charge in [0.1, 0.15) is 10.7 Å². The summed E-state index contributed by atoms with van der Waals surface area (Å²) in [6.45, 7) is 0. The largest absolute Gasteiger partial charge is 0.481 e. The summed E-state index contributed by atoms with van der Waals surface area (Å²) in [6.07, 6.45) is 4.26. The van der Waals surface area contributed by atoms with Crippen LogP contribution in [0.4, 0.5) is 0 Å². The van der Waals surface area contributed by atoms with Crippen LogP contribution in [0.25, 0.3) is 10.6 Å². The Kier molecular flexibility index (Phi) is 5.39. The number of halogens is 1. The third kappa shape index (κ3) is 4.38. The monoisotopic (exact) mass is 378 g/mol. The molecule has 0 saturated heterocycles. The van der Waals surface area contributed by atoms with Gasteiger partial charge in [0.2, 0.25) is 0 Å². The lowest BCUT2D eigenvalue weighted by Gasteiger charge is -2.36. The fourth-order valence-electron chi connectivity index (χ4n) is 3.30. The predicted octanol–water partition coefficient (Wildman–Crippen LogP) is 4.37. The number of hydrogen-bond acceptors (Lipinski definition) is 4. The molecular formula is C18H19ClN2O3S. The Hall–Kier alpha value is -1.92. The molecule has 1 aliphatic carbocycles. The Labute approximate surface area is 155 Å². The van der Waals surface area contributed by atoms with Crippen molar-refractivity contribution in [3.05, 3.63) is 40.4 Å². The van der Waals surface area contributed by atoms with Crippen LogP contribution >= 0.6 is 22.9 Å². The summed E-state index contributed by atoms with van der Waals surface area (Å²) in [5.41, 5.74) is 0.505. The molecule has 1 amide bonds. The molecule has 1 aromatic carbocycles. The van der Waals surface area contributed by atoms with Gasteiger partial charge in [-0.05, 0) is 25.0 Å². The molecule has 0 radical (unpaired) electrons. The minimum absolute atomic E-state index is 0.0516. The van der Waals surface area contributed by atoms with Gasteiger partial charge in [-0.15, -0.1) is 11.3 Å². The number of nitrogens with zero attached hydrogens (tertiary/aromatic N) is 1. The van der Waals surface area contributed by atoms with Crippen LogP contribution in [0.1, 0.15) is 49.0 Å². The van der Waals surface area contributed by atoms with Crippen LogP contribution in [-0.2, 0) is 4.79 Å². The first kappa shape index (κ1) is 17.9. The summed E-state index contributed by atoms with van der Waals surface area (Å²) < 4.78 is 0. The second-order valence-electron chi connectivity index (χ2n) is 6.41. The Morgan fingerprint density at radius 2 is 2.04 bits per heavy atom. The smallest absolute Gasteiger partial charge is 0.305 e. The molecule has 2 aromatic rings. The molecule has 132 valence electrons. The molecule has 0 atom stereocenters. The molecular weight excluding hydrogens is 360 g/mol. The predicted molar refractivity (Wildman–Crippen MR) is 98.1 cm³/mol. The van der Waals surface area contributed by atoms with Crippen LogP contribution in [0, 0.1) is 0 Å². The highest BCUT2D eigenvalue weighted by molar-refractivity contribution is 7.13. The molecule has 1 fully saturated rings. The number of hydrogen-bond donors (Lipinski definition) is 2. The van der Waals surface area contributed by atoms with Gasteiger partial charge in [0.25, 0.3) is 5.91 Å². The van der Waals surface area contributed by atoms with Gasteiger partial charge >= 0.3 is 5.97 Å². The van der Waals surface area contributed by atoms with Crippen molar-refractivity contribution >= 4 is 34.8 Å². The Balaban J connectivity index is 1.77. The zero-order valence-electron chi connectivity index (χ0n) is 13.6. The van der Waals surface area contributed by atoms with Crippen molar-refractivity contribution < 1.29 is 14.7 Å². The number of benzene rings is 1. The molecule has 3 rings (SSSR count). The lowest BCUT2D eigenvalue weighted by Crippen LogP contribution is -2.51. The molecule has 1 aromatic heterocycles. The second-order valence-corrected chi connectivity index (χ2v) is 7.71. The second kappa shape index (κ2) is 7.54. The topological polar surface area (TPSA) is 79.3 Å². The molecule has 0 aliphatic heterocycles. The van der Waals surface area contributed by atoms with E-state index in [2.05, 4.69) is 10.3 Å². The fourth-order valence-corrected chi connectivity index (χ4v) is 4.29. The summed E-state index contributed by atoms with van der Waals surface area (Å²) >= 11 is 7.37. The maximum Gasteiger partial charge on any atom is 0.305 e. The van der Waals surface area contributed by atoms with Crippen LogP contribution in [0.3, 0.4) is 0 Å². The lowest BCUT2D eigenvalue weighted by atomic mass is 9.79. The van der Waals surface area contributed by atoms with Gasteiger partial charge in [-0.3, -0.25) is 9.59 Å². The Morgan fingerprint density at radius 3 is 2.72 bits per heavy atom. The first-order chi connectivity index (χ1) is 12.0. The zero-order valence-corrected chi connectivity index (χ0v) is 15.2. The molecule has 7 heteroatoms. The number of rotatable bonds is 5. The number of amides is 1. The normalized spacial score (nSPS) is 16.4. The van der Waals surface area contributed by atoms with Gasteiger partial charge in [0, 0.05) is 16.0 Å². The first-order valence-electron chi connectivity index (χ1n) is 8.23. The number of nitrogens with one attached hydrogen (secondary N) is 1. The van der Waals surface area contributed by atoms with E-state index in [0.29, 0.717) is 28.6 Å². The van der Waals surface area contributed by atoms with E-state index in [9.17, 15) is 14.7 Å². The molecule has 0 spiro atoms. The first-order valence-corrected chi connectivity index (χ1v) is 9.49. The molecule has 1 aliphatic rings. The highest BCUT2D eigenvalue weighted by Gasteiger charge is 2.36. The van der Waals surface area contributed by atoms with Crippen LogP contribution in [-0.4, -0.2) is 27.5 Å². The average molecular weight is 379 g/mol. The van der Waals surface area contributed by atoms with Crippen LogP contribution < -0.4 is 5.32 Å². The van der Waals surface area contributed by atoms with Crippen molar-refractivity contribution in [2.24, 2.45) is 0 Å². The number of aliphatic carboxylic acids is 1. The van der Waals surface area contributed by atoms with Gasteiger partial charge in [-0.1, -0.05) is 43.0 Å². The van der Waals surface area contributed by atoms with Crippen LogP contribution in [0.5, 0.6) is 0 Å². The fraction of sp³-hybridized carbons (Fsp3) is 0.389. The maximum absolute atomic E-state index is 12.6. The van der Waals surface area contributed by atoms with Gasteiger partial charge < -0.3 is 10.4 Å². The number of carbonyl (C=O) groups is 2. The summed E-state index contributed by atoms with van der Waals surface area (Å²) in [5.74, 6) is -1.20. The maximum atomic E-state index is 12.6. The van der Waals surface area contributed by atoms with Gasteiger partial charge in [0.15, 0.2) is 0 Å². The minimum Gasteiger partial charge on any atom is -0.481 e. The Morgan fingerprint density at radius 1 is 1.28 bits per heavy atom. The van der Waals surface area contributed by atoms with E-state index in [0.717, 1.165) is 24.8 Å². The molecule has 1 saturated carbocycles. The molecule has 2 N–H and O–H groups in total. The van der Waals surface area contributed by atoms with Crippen molar-refractivity contribution in [3.8, 4) is 10.6 Å². The Bertz CT molecular complexity index is 784.